The predicted molar refractivity (Wildman–Crippen MR) is 52.4 cm³/mol. The number of halogens is 1. The Morgan fingerprint density at radius 1 is 1.20 bits per heavy atom. The summed E-state index contributed by atoms with van der Waals surface area (Å²) in [6.45, 7) is 1.50. The smallest absolute Gasteiger partial charge is 0.155 e. The number of aromatic nitrogens is 1. The van der Waals surface area contributed by atoms with Gasteiger partial charge >= 0.3 is 0 Å². The second kappa shape index (κ2) is 3.17. The molecule has 0 unspecified atom stereocenters. The van der Waals surface area contributed by atoms with Crippen LogP contribution in [0.5, 0.6) is 0 Å². The van der Waals surface area contributed by atoms with Gasteiger partial charge in [-0.2, -0.15) is 0 Å². The molecule has 0 radical (unpaired) electrons. The fraction of sp³-hybridized carbons (Fsp3) is 0.182. The van der Waals surface area contributed by atoms with Crippen molar-refractivity contribution in [1.82, 2.24) is 10.5 Å². The van der Waals surface area contributed by atoms with E-state index in [0.29, 0.717) is 0 Å². The molecule has 3 nitrogen and oxygen atoms in total. The summed E-state index contributed by atoms with van der Waals surface area (Å²) in [6.07, 6.45) is 0. The first-order chi connectivity index (χ1) is 7.34. The minimum Gasteiger partial charge on any atom is -0.359 e. The van der Waals surface area contributed by atoms with E-state index in [1.165, 1.54) is 12.1 Å². The van der Waals surface area contributed by atoms with E-state index in [2.05, 4.69) is 10.5 Å². The van der Waals surface area contributed by atoms with Gasteiger partial charge in [-0.05, 0) is 24.3 Å². The van der Waals surface area contributed by atoms with Gasteiger partial charge in [0, 0.05) is 17.7 Å². The van der Waals surface area contributed by atoms with E-state index < -0.39 is 0 Å². The molecule has 0 amide bonds. The average Bonchev–Trinajstić information content (AvgIpc) is 2.80. The summed E-state index contributed by atoms with van der Waals surface area (Å²) in [5.74, 6) is 0.645. The zero-order chi connectivity index (χ0) is 10.3. The van der Waals surface area contributed by atoms with Crippen molar-refractivity contribution in [3.05, 3.63) is 41.4 Å². The van der Waals surface area contributed by atoms with Crippen LogP contribution >= 0.6 is 0 Å². The molecule has 4 heteroatoms. The molecule has 2 aromatic rings. The highest BCUT2D eigenvalue weighted by molar-refractivity contribution is 5.63. The monoisotopic (exact) mass is 204 g/mol. The Morgan fingerprint density at radius 3 is 2.80 bits per heavy atom. The van der Waals surface area contributed by atoms with Crippen LogP contribution in [0.3, 0.4) is 0 Å². The third-order valence-corrected chi connectivity index (χ3v) is 2.57. The van der Waals surface area contributed by atoms with Crippen LogP contribution in [0.2, 0.25) is 0 Å². The van der Waals surface area contributed by atoms with Crippen molar-refractivity contribution >= 4 is 0 Å². The van der Waals surface area contributed by atoms with Crippen LogP contribution < -0.4 is 5.32 Å². The van der Waals surface area contributed by atoms with Crippen LogP contribution in [0.4, 0.5) is 4.39 Å². The van der Waals surface area contributed by atoms with E-state index >= 15 is 0 Å². The van der Waals surface area contributed by atoms with Crippen molar-refractivity contribution in [3.8, 4) is 11.3 Å². The van der Waals surface area contributed by atoms with E-state index in [9.17, 15) is 4.39 Å². The van der Waals surface area contributed by atoms with Crippen LogP contribution in [-0.2, 0) is 13.1 Å². The molecule has 1 aliphatic rings. The van der Waals surface area contributed by atoms with Gasteiger partial charge in [0.05, 0.1) is 6.54 Å². The molecule has 0 fully saturated rings. The summed E-state index contributed by atoms with van der Waals surface area (Å²) >= 11 is 0. The maximum absolute atomic E-state index is 12.7. The third-order valence-electron chi connectivity index (χ3n) is 2.57. The molecule has 1 aromatic heterocycles. The van der Waals surface area contributed by atoms with Crippen molar-refractivity contribution in [2.24, 2.45) is 0 Å². The van der Waals surface area contributed by atoms with Gasteiger partial charge in [0.25, 0.3) is 0 Å². The van der Waals surface area contributed by atoms with Crippen LogP contribution in [0, 0.1) is 5.82 Å². The lowest BCUT2D eigenvalue weighted by Crippen LogP contribution is -2.01. The number of benzene rings is 1. The lowest BCUT2D eigenvalue weighted by Gasteiger charge is -1.97. The molecule has 0 bridgehead atoms. The van der Waals surface area contributed by atoms with Crippen LogP contribution in [0.15, 0.2) is 28.8 Å². The molecule has 15 heavy (non-hydrogen) atoms. The summed E-state index contributed by atoms with van der Waals surface area (Å²) in [7, 11) is 0. The highest BCUT2D eigenvalue weighted by Gasteiger charge is 2.21. The van der Waals surface area contributed by atoms with E-state index in [1.807, 2.05) is 0 Å². The average molecular weight is 204 g/mol. The van der Waals surface area contributed by atoms with Crippen molar-refractivity contribution in [1.29, 1.82) is 0 Å². The fourth-order valence-corrected chi connectivity index (χ4v) is 1.80. The lowest BCUT2D eigenvalue weighted by molar-refractivity contribution is 0.383. The summed E-state index contributed by atoms with van der Waals surface area (Å²) in [4.78, 5) is 0. The number of hydrogen-bond acceptors (Lipinski definition) is 3. The van der Waals surface area contributed by atoms with E-state index in [1.54, 1.807) is 12.1 Å². The second-order valence-corrected chi connectivity index (χ2v) is 3.54. The van der Waals surface area contributed by atoms with Gasteiger partial charge in [0.15, 0.2) is 5.76 Å². The molecule has 3 rings (SSSR count). The third kappa shape index (κ3) is 1.34. The van der Waals surface area contributed by atoms with Gasteiger partial charge in [-0.25, -0.2) is 4.39 Å². The Bertz CT molecular complexity index is 490. The summed E-state index contributed by atoms with van der Waals surface area (Å²) in [5, 5.41) is 7.18. The standard InChI is InChI=1S/C11H9FN2O/c12-8-3-1-7(2-4-8)11-9-5-13-6-10(9)15-14-11/h1-4,13H,5-6H2. The Labute approximate surface area is 85.9 Å². The first-order valence-electron chi connectivity index (χ1n) is 4.78. The first kappa shape index (κ1) is 8.61. The molecule has 0 atom stereocenters. The Morgan fingerprint density at radius 2 is 2.00 bits per heavy atom. The van der Waals surface area contributed by atoms with Crippen molar-refractivity contribution in [3.63, 3.8) is 0 Å². The van der Waals surface area contributed by atoms with Crippen molar-refractivity contribution in [2.45, 2.75) is 13.1 Å². The van der Waals surface area contributed by atoms with Gasteiger partial charge < -0.3 is 9.84 Å². The van der Waals surface area contributed by atoms with Gasteiger partial charge in [0.1, 0.15) is 11.5 Å². The molecule has 0 aliphatic carbocycles. The van der Waals surface area contributed by atoms with Gasteiger partial charge in [-0.3, -0.25) is 0 Å². The zero-order valence-electron chi connectivity index (χ0n) is 7.96. The molecule has 0 saturated carbocycles. The highest BCUT2D eigenvalue weighted by Crippen LogP contribution is 2.28. The molecule has 76 valence electrons. The topological polar surface area (TPSA) is 38.1 Å². The number of hydrogen-bond donors (Lipinski definition) is 1. The molecule has 1 aliphatic heterocycles. The van der Waals surface area contributed by atoms with Crippen molar-refractivity contribution < 1.29 is 8.91 Å². The largest absolute Gasteiger partial charge is 0.359 e. The van der Waals surface area contributed by atoms with Crippen LogP contribution in [0.25, 0.3) is 11.3 Å². The molecular weight excluding hydrogens is 195 g/mol. The van der Waals surface area contributed by atoms with E-state index in [4.69, 9.17) is 4.52 Å². The Kier molecular flexibility index (Phi) is 1.82. The quantitative estimate of drug-likeness (QED) is 0.772. The van der Waals surface area contributed by atoms with Crippen LogP contribution in [0.1, 0.15) is 11.3 Å². The van der Waals surface area contributed by atoms with Gasteiger partial charge in [-0.1, -0.05) is 5.16 Å². The summed E-state index contributed by atoms with van der Waals surface area (Å²) < 4.78 is 17.9. The zero-order valence-corrected chi connectivity index (χ0v) is 7.96. The summed E-state index contributed by atoms with van der Waals surface area (Å²) in [6, 6.07) is 6.29. The molecule has 0 spiro atoms. The minimum absolute atomic E-state index is 0.239. The van der Waals surface area contributed by atoms with Crippen molar-refractivity contribution in [2.75, 3.05) is 0 Å². The lowest BCUT2D eigenvalue weighted by atomic mass is 10.1. The second-order valence-electron chi connectivity index (χ2n) is 3.54. The fourth-order valence-electron chi connectivity index (χ4n) is 1.80. The summed E-state index contributed by atoms with van der Waals surface area (Å²) in [5.41, 5.74) is 2.79. The van der Waals surface area contributed by atoms with E-state index in [0.717, 1.165) is 35.7 Å². The molecule has 1 N–H and O–H groups in total. The number of fused-ring (bicyclic) bond motifs is 1. The maximum Gasteiger partial charge on any atom is 0.155 e. The molecular formula is C11H9FN2O. The molecule has 0 saturated heterocycles. The molecule has 2 heterocycles. The molecule has 1 aromatic carbocycles. The Hall–Kier alpha value is -1.68. The maximum atomic E-state index is 12.7. The minimum atomic E-state index is -0.239. The van der Waals surface area contributed by atoms with E-state index in [-0.39, 0.29) is 5.82 Å². The van der Waals surface area contributed by atoms with Gasteiger partial charge in [0.2, 0.25) is 0 Å². The highest BCUT2D eigenvalue weighted by atomic mass is 19.1. The van der Waals surface area contributed by atoms with Crippen LogP contribution in [-0.4, -0.2) is 5.16 Å². The number of rotatable bonds is 1. The first-order valence-corrected chi connectivity index (χ1v) is 4.78. The number of nitrogens with zero attached hydrogens (tertiary/aromatic N) is 1. The normalized spacial score (nSPS) is 14.2. The van der Waals surface area contributed by atoms with Gasteiger partial charge in [-0.15, -0.1) is 0 Å². The number of nitrogens with one attached hydrogen (secondary N) is 1. The Balaban J connectivity index is 2.09. The SMILES string of the molecule is Fc1ccc(-c2noc3c2CNC3)cc1. The predicted octanol–water partition coefficient (Wildman–Crippen LogP) is 2.08.